The van der Waals surface area contributed by atoms with Gasteiger partial charge in [0.25, 0.3) is 5.91 Å². The molecule has 5 heteroatoms. The first kappa shape index (κ1) is 18.2. The zero-order valence-corrected chi connectivity index (χ0v) is 15.6. The van der Waals surface area contributed by atoms with Crippen LogP contribution in [0.3, 0.4) is 0 Å². The van der Waals surface area contributed by atoms with E-state index in [1.807, 2.05) is 53.9 Å². The summed E-state index contributed by atoms with van der Waals surface area (Å²) < 4.78 is 10.9. The molecule has 2 aromatic carbocycles. The number of nitrogens with one attached hydrogen (secondary N) is 1. The highest BCUT2D eigenvalue weighted by Gasteiger charge is 2.16. The summed E-state index contributed by atoms with van der Waals surface area (Å²) in [5.41, 5.74) is 3.80. The van der Waals surface area contributed by atoms with Crippen molar-refractivity contribution in [2.45, 2.75) is 6.10 Å². The fourth-order valence-corrected chi connectivity index (χ4v) is 3.45. The largest absolute Gasteiger partial charge is 0.496 e. The van der Waals surface area contributed by atoms with Crippen molar-refractivity contribution in [2.75, 3.05) is 20.8 Å². The summed E-state index contributed by atoms with van der Waals surface area (Å²) in [7, 11) is 3.25. The molecule has 1 amide bonds. The summed E-state index contributed by atoms with van der Waals surface area (Å²) >= 11 is 1.66. The van der Waals surface area contributed by atoms with Gasteiger partial charge >= 0.3 is 0 Å². The van der Waals surface area contributed by atoms with Crippen molar-refractivity contribution >= 4 is 17.2 Å². The van der Waals surface area contributed by atoms with Gasteiger partial charge in [-0.15, -0.1) is 0 Å². The second kappa shape index (κ2) is 8.65. The van der Waals surface area contributed by atoms with Gasteiger partial charge in [-0.05, 0) is 46.2 Å². The number of rotatable bonds is 7. The number of amides is 1. The van der Waals surface area contributed by atoms with Crippen molar-refractivity contribution in [3.8, 4) is 16.9 Å². The highest BCUT2D eigenvalue weighted by Crippen LogP contribution is 2.26. The van der Waals surface area contributed by atoms with Gasteiger partial charge in [0.1, 0.15) is 11.9 Å². The van der Waals surface area contributed by atoms with Crippen LogP contribution < -0.4 is 10.1 Å². The summed E-state index contributed by atoms with van der Waals surface area (Å²) in [5.74, 6) is 0.618. The van der Waals surface area contributed by atoms with E-state index in [9.17, 15) is 4.79 Å². The Hall–Kier alpha value is -2.63. The number of hydrogen-bond acceptors (Lipinski definition) is 4. The summed E-state index contributed by atoms with van der Waals surface area (Å²) in [4.78, 5) is 12.5. The van der Waals surface area contributed by atoms with Gasteiger partial charge in [-0.3, -0.25) is 4.79 Å². The van der Waals surface area contributed by atoms with Gasteiger partial charge < -0.3 is 14.8 Å². The van der Waals surface area contributed by atoms with Crippen molar-refractivity contribution in [1.29, 1.82) is 0 Å². The molecule has 0 bridgehead atoms. The van der Waals surface area contributed by atoms with Crippen LogP contribution in [0.2, 0.25) is 0 Å². The van der Waals surface area contributed by atoms with E-state index >= 15 is 0 Å². The molecule has 1 heterocycles. The third-order valence-electron chi connectivity index (χ3n) is 4.22. The Morgan fingerprint density at radius 1 is 1.04 bits per heavy atom. The van der Waals surface area contributed by atoms with E-state index in [-0.39, 0.29) is 12.0 Å². The van der Waals surface area contributed by atoms with E-state index in [2.05, 4.69) is 16.8 Å². The lowest BCUT2D eigenvalue weighted by molar-refractivity contribution is 0.0819. The van der Waals surface area contributed by atoms with Crippen LogP contribution in [0.5, 0.6) is 5.75 Å². The lowest BCUT2D eigenvalue weighted by atomic mass is 10.1. The minimum absolute atomic E-state index is 0.126. The maximum atomic E-state index is 12.5. The average Bonchev–Trinajstić information content (AvgIpc) is 3.23. The van der Waals surface area contributed by atoms with Gasteiger partial charge in [0, 0.05) is 24.8 Å². The number of thiophene rings is 1. The molecule has 1 atom stereocenters. The molecule has 0 unspecified atom stereocenters. The van der Waals surface area contributed by atoms with Gasteiger partial charge in [0.2, 0.25) is 0 Å². The molecule has 0 aliphatic heterocycles. The molecule has 0 aliphatic carbocycles. The van der Waals surface area contributed by atoms with Gasteiger partial charge in [0.15, 0.2) is 0 Å². The lowest BCUT2D eigenvalue weighted by Crippen LogP contribution is -2.29. The van der Waals surface area contributed by atoms with Crippen molar-refractivity contribution in [3.05, 3.63) is 76.5 Å². The van der Waals surface area contributed by atoms with E-state index in [4.69, 9.17) is 9.47 Å². The lowest BCUT2D eigenvalue weighted by Gasteiger charge is -2.19. The predicted molar refractivity (Wildman–Crippen MR) is 105 cm³/mol. The molecule has 134 valence electrons. The second-order valence-electron chi connectivity index (χ2n) is 5.77. The maximum Gasteiger partial charge on any atom is 0.251 e. The number of carbonyl (C=O) groups excluding carboxylic acids is 1. The SMILES string of the molecule is COc1ccccc1[C@H](CNC(=O)c1ccc(-c2ccsc2)cc1)OC. The van der Waals surface area contributed by atoms with Crippen molar-refractivity contribution < 1.29 is 14.3 Å². The molecular formula is C21H21NO3S. The van der Waals surface area contributed by atoms with Crippen molar-refractivity contribution in [1.82, 2.24) is 5.32 Å². The monoisotopic (exact) mass is 367 g/mol. The fourth-order valence-electron chi connectivity index (χ4n) is 2.78. The number of hydrogen-bond donors (Lipinski definition) is 1. The van der Waals surface area contributed by atoms with Crippen LogP contribution in [0.25, 0.3) is 11.1 Å². The van der Waals surface area contributed by atoms with Gasteiger partial charge in [-0.2, -0.15) is 11.3 Å². The van der Waals surface area contributed by atoms with Crippen LogP contribution in [-0.4, -0.2) is 26.7 Å². The quantitative estimate of drug-likeness (QED) is 0.667. The van der Waals surface area contributed by atoms with Crippen LogP contribution in [0.1, 0.15) is 22.0 Å². The standard InChI is InChI=1S/C21H21NO3S/c1-24-19-6-4-3-5-18(19)20(25-2)13-22-21(23)16-9-7-15(8-10-16)17-11-12-26-14-17/h3-12,14,20H,13H2,1-2H3,(H,22,23)/t20-/m0/s1. The van der Waals surface area contributed by atoms with Gasteiger partial charge in [-0.25, -0.2) is 0 Å². The third-order valence-corrected chi connectivity index (χ3v) is 4.90. The van der Waals surface area contributed by atoms with Gasteiger partial charge in [0.05, 0.1) is 7.11 Å². The zero-order valence-electron chi connectivity index (χ0n) is 14.8. The first-order chi connectivity index (χ1) is 12.7. The third kappa shape index (κ3) is 4.12. The summed E-state index contributed by atoms with van der Waals surface area (Å²) in [5, 5.41) is 7.07. The molecular weight excluding hydrogens is 346 g/mol. The Bertz CT molecular complexity index is 844. The number of benzene rings is 2. The van der Waals surface area contributed by atoms with Crippen LogP contribution in [0.15, 0.2) is 65.4 Å². The first-order valence-electron chi connectivity index (χ1n) is 8.29. The Labute approximate surface area is 157 Å². The van der Waals surface area contributed by atoms with E-state index in [1.165, 1.54) is 0 Å². The van der Waals surface area contributed by atoms with Crippen molar-refractivity contribution in [2.24, 2.45) is 0 Å². The second-order valence-corrected chi connectivity index (χ2v) is 6.55. The molecule has 3 aromatic rings. The minimum Gasteiger partial charge on any atom is -0.496 e. The Morgan fingerprint density at radius 3 is 2.46 bits per heavy atom. The molecule has 1 N–H and O–H groups in total. The summed E-state index contributed by atoms with van der Waals surface area (Å²) in [6, 6.07) is 17.3. The van der Waals surface area contributed by atoms with E-state index < -0.39 is 0 Å². The van der Waals surface area contributed by atoms with Crippen LogP contribution >= 0.6 is 11.3 Å². The highest BCUT2D eigenvalue weighted by atomic mass is 32.1. The molecule has 0 aliphatic rings. The predicted octanol–water partition coefficient (Wildman–Crippen LogP) is 4.54. The highest BCUT2D eigenvalue weighted by molar-refractivity contribution is 7.08. The number of methoxy groups -OCH3 is 2. The number of carbonyl (C=O) groups is 1. The molecule has 0 saturated carbocycles. The first-order valence-corrected chi connectivity index (χ1v) is 9.23. The van der Waals surface area contributed by atoms with Gasteiger partial charge in [-0.1, -0.05) is 30.3 Å². The molecule has 0 spiro atoms. The molecule has 3 rings (SSSR count). The van der Waals surface area contributed by atoms with Crippen LogP contribution in [0.4, 0.5) is 0 Å². The number of ether oxygens (including phenoxy) is 2. The minimum atomic E-state index is -0.278. The average molecular weight is 367 g/mol. The fraction of sp³-hybridized carbons (Fsp3) is 0.190. The Balaban J connectivity index is 1.65. The normalized spacial score (nSPS) is 11.8. The van der Waals surface area contributed by atoms with Crippen LogP contribution in [-0.2, 0) is 4.74 Å². The van der Waals surface area contributed by atoms with E-state index in [0.717, 1.165) is 22.4 Å². The summed E-state index contributed by atoms with van der Waals surface area (Å²) in [6.07, 6.45) is -0.278. The number of para-hydroxylation sites is 1. The molecule has 0 radical (unpaired) electrons. The molecule has 0 fully saturated rings. The molecule has 1 aromatic heterocycles. The Kier molecular flexibility index (Phi) is 6.04. The molecule has 26 heavy (non-hydrogen) atoms. The molecule has 0 saturated heterocycles. The van der Waals surface area contributed by atoms with Crippen LogP contribution in [0, 0.1) is 0 Å². The van der Waals surface area contributed by atoms with E-state index in [1.54, 1.807) is 25.6 Å². The molecule has 4 nitrogen and oxygen atoms in total. The Morgan fingerprint density at radius 2 is 1.81 bits per heavy atom. The zero-order chi connectivity index (χ0) is 18.4. The van der Waals surface area contributed by atoms with E-state index in [0.29, 0.717) is 12.1 Å². The van der Waals surface area contributed by atoms with Crippen molar-refractivity contribution in [3.63, 3.8) is 0 Å². The maximum absolute atomic E-state index is 12.5. The summed E-state index contributed by atoms with van der Waals surface area (Å²) in [6.45, 7) is 0.363. The smallest absolute Gasteiger partial charge is 0.251 e. The topological polar surface area (TPSA) is 47.6 Å².